The molecule has 0 bridgehead atoms. The molecule has 1 aromatic carbocycles. The second-order valence-corrected chi connectivity index (χ2v) is 6.50. The minimum absolute atomic E-state index is 0.385. The van der Waals surface area contributed by atoms with Crippen molar-refractivity contribution < 1.29 is 5.11 Å². The van der Waals surface area contributed by atoms with Crippen molar-refractivity contribution in [1.82, 2.24) is 5.32 Å². The van der Waals surface area contributed by atoms with Gasteiger partial charge in [-0.25, -0.2) is 0 Å². The maximum atomic E-state index is 10.1. The summed E-state index contributed by atoms with van der Waals surface area (Å²) in [5.74, 6) is 1.21. The zero-order valence-electron chi connectivity index (χ0n) is 11.0. The summed E-state index contributed by atoms with van der Waals surface area (Å²) in [7, 11) is 0. The summed E-state index contributed by atoms with van der Waals surface area (Å²) < 4.78 is 0. The van der Waals surface area contributed by atoms with Gasteiger partial charge in [-0.15, -0.1) is 0 Å². The minimum atomic E-state index is -0.385. The summed E-state index contributed by atoms with van der Waals surface area (Å²) in [6.07, 6.45) is 3.43. The van der Waals surface area contributed by atoms with Gasteiger partial charge in [0.15, 0.2) is 0 Å². The normalized spacial score (nSPS) is 25.2. The Morgan fingerprint density at radius 2 is 2.11 bits per heavy atom. The molecule has 18 heavy (non-hydrogen) atoms. The Morgan fingerprint density at radius 1 is 1.33 bits per heavy atom. The molecule has 0 spiro atoms. The monoisotopic (exact) mass is 265 g/mol. The van der Waals surface area contributed by atoms with Crippen LogP contribution in [0.1, 0.15) is 37.9 Å². The highest BCUT2D eigenvalue weighted by atomic mass is 32.2. The number of rotatable bonds is 6. The first-order valence-electron chi connectivity index (χ1n) is 6.87. The van der Waals surface area contributed by atoms with Crippen LogP contribution in [0.3, 0.4) is 0 Å². The third-order valence-electron chi connectivity index (χ3n) is 3.57. The zero-order valence-corrected chi connectivity index (χ0v) is 11.8. The molecule has 0 heterocycles. The smallest absolute Gasteiger partial charge is 0.0914 e. The molecule has 3 atom stereocenters. The molecule has 1 aliphatic carbocycles. The van der Waals surface area contributed by atoms with Crippen LogP contribution in [-0.4, -0.2) is 28.7 Å². The minimum Gasteiger partial charge on any atom is -0.387 e. The van der Waals surface area contributed by atoms with Gasteiger partial charge in [-0.1, -0.05) is 37.3 Å². The predicted molar refractivity (Wildman–Crippen MR) is 79.0 cm³/mol. The van der Waals surface area contributed by atoms with Crippen molar-refractivity contribution in [3.8, 4) is 0 Å². The molecule has 1 aliphatic rings. The number of hydrogen-bond acceptors (Lipinski definition) is 3. The lowest BCUT2D eigenvalue weighted by Crippen LogP contribution is -2.31. The highest BCUT2D eigenvalue weighted by Crippen LogP contribution is 2.29. The summed E-state index contributed by atoms with van der Waals surface area (Å²) in [5.41, 5.74) is 1.00. The van der Waals surface area contributed by atoms with Gasteiger partial charge < -0.3 is 10.4 Å². The Kier molecular flexibility index (Phi) is 5.54. The van der Waals surface area contributed by atoms with Crippen molar-refractivity contribution in [1.29, 1.82) is 0 Å². The molecule has 100 valence electrons. The molecule has 0 aliphatic heterocycles. The third-order valence-corrected chi connectivity index (χ3v) is 4.80. The summed E-state index contributed by atoms with van der Waals surface area (Å²) in [4.78, 5) is 0. The maximum Gasteiger partial charge on any atom is 0.0914 e. The number of benzene rings is 1. The van der Waals surface area contributed by atoms with E-state index in [0.717, 1.165) is 10.8 Å². The molecular formula is C15H23NOS. The van der Waals surface area contributed by atoms with Crippen molar-refractivity contribution in [2.45, 2.75) is 43.6 Å². The van der Waals surface area contributed by atoms with E-state index in [1.807, 2.05) is 30.3 Å². The van der Waals surface area contributed by atoms with Gasteiger partial charge in [0, 0.05) is 17.8 Å². The third kappa shape index (κ3) is 4.01. The van der Waals surface area contributed by atoms with Crippen LogP contribution in [0.25, 0.3) is 0 Å². The average molecular weight is 265 g/mol. The molecule has 3 heteroatoms. The first-order valence-corrected chi connectivity index (χ1v) is 7.92. The van der Waals surface area contributed by atoms with Crippen LogP contribution in [0.15, 0.2) is 30.3 Å². The molecule has 1 saturated carbocycles. The Hall–Kier alpha value is -0.510. The molecule has 2 N–H and O–H groups in total. The van der Waals surface area contributed by atoms with E-state index in [9.17, 15) is 5.11 Å². The lowest BCUT2D eigenvalue weighted by Gasteiger charge is -2.17. The van der Waals surface area contributed by atoms with Gasteiger partial charge in [0.05, 0.1) is 6.10 Å². The van der Waals surface area contributed by atoms with Crippen LogP contribution in [-0.2, 0) is 0 Å². The van der Waals surface area contributed by atoms with E-state index in [-0.39, 0.29) is 6.10 Å². The van der Waals surface area contributed by atoms with Gasteiger partial charge in [0.25, 0.3) is 0 Å². The molecule has 0 radical (unpaired) electrons. The molecule has 0 aromatic heterocycles. The van der Waals surface area contributed by atoms with Crippen molar-refractivity contribution in [3.63, 3.8) is 0 Å². The van der Waals surface area contributed by atoms with E-state index in [1.165, 1.54) is 25.0 Å². The van der Waals surface area contributed by atoms with E-state index in [1.54, 1.807) is 0 Å². The van der Waals surface area contributed by atoms with Gasteiger partial charge in [-0.2, -0.15) is 11.8 Å². The standard InChI is InChI=1S/C15H23NOS/c1-2-18-14-9-8-13(10-14)16-11-15(17)12-6-4-3-5-7-12/h3-7,13-17H,2,8-11H2,1H3. The fraction of sp³-hybridized carbons (Fsp3) is 0.600. The highest BCUT2D eigenvalue weighted by Gasteiger charge is 2.24. The lowest BCUT2D eigenvalue weighted by molar-refractivity contribution is 0.170. The summed E-state index contributed by atoms with van der Waals surface area (Å²) in [5, 5.41) is 14.4. The molecule has 2 nitrogen and oxygen atoms in total. The summed E-state index contributed by atoms with van der Waals surface area (Å²) >= 11 is 2.07. The van der Waals surface area contributed by atoms with Crippen LogP contribution in [0, 0.1) is 0 Å². The number of nitrogens with one attached hydrogen (secondary N) is 1. The number of thioether (sulfide) groups is 1. The quantitative estimate of drug-likeness (QED) is 0.829. The lowest BCUT2D eigenvalue weighted by atomic mass is 10.1. The van der Waals surface area contributed by atoms with Gasteiger partial charge >= 0.3 is 0 Å². The fourth-order valence-corrected chi connectivity index (χ4v) is 3.73. The van der Waals surface area contributed by atoms with Gasteiger partial charge in [0.2, 0.25) is 0 Å². The van der Waals surface area contributed by atoms with Crippen LogP contribution in [0.2, 0.25) is 0 Å². The Balaban J connectivity index is 1.72. The van der Waals surface area contributed by atoms with Crippen LogP contribution in [0.4, 0.5) is 0 Å². The number of aliphatic hydroxyl groups is 1. The predicted octanol–water partition coefficient (Wildman–Crippen LogP) is 2.98. The van der Waals surface area contributed by atoms with Crippen LogP contribution < -0.4 is 5.32 Å². The topological polar surface area (TPSA) is 32.3 Å². The molecule has 0 amide bonds. The van der Waals surface area contributed by atoms with E-state index < -0.39 is 0 Å². The Bertz CT molecular complexity index is 344. The Labute approximate surface area is 114 Å². The summed E-state index contributed by atoms with van der Waals surface area (Å²) in [6, 6.07) is 10.5. The van der Waals surface area contributed by atoms with E-state index >= 15 is 0 Å². The molecule has 0 saturated heterocycles. The molecular weight excluding hydrogens is 242 g/mol. The van der Waals surface area contributed by atoms with E-state index in [2.05, 4.69) is 24.0 Å². The SMILES string of the molecule is CCSC1CCC(NCC(O)c2ccccc2)C1. The first-order chi connectivity index (χ1) is 8.79. The first kappa shape index (κ1) is 13.9. The van der Waals surface area contributed by atoms with Crippen molar-refractivity contribution >= 4 is 11.8 Å². The van der Waals surface area contributed by atoms with Crippen molar-refractivity contribution in [2.24, 2.45) is 0 Å². The second-order valence-electron chi connectivity index (χ2n) is 4.92. The van der Waals surface area contributed by atoms with Crippen molar-refractivity contribution in [3.05, 3.63) is 35.9 Å². The molecule has 1 fully saturated rings. The second kappa shape index (κ2) is 7.17. The molecule has 3 unspecified atom stereocenters. The fourth-order valence-electron chi connectivity index (χ4n) is 2.58. The summed E-state index contributed by atoms with van der Waals surface area (Å²) in [6.45, 7) is 2.89. The van der Waals surface area contributed by atoms with Gasteiger partial charge in [-0.05, 0) is 30.6 Å². The van der Waals surface area contributed by atoms with Crippen molar-refractivity contribution in [2.75, 3.05) is 12.3 Å². The van der Waals surface area contributed by atoms with E-state index in [4.69, 9.17) is 0 Å². The molecule has 2 rings (SSSR count). The zero-order chi connectivity index (χ0) is 12.8. The van der Waals surface area contributed by atoms with E-state index in [0.29, 0.717) is 12.6 Å². The van der Waals surface area contributed by atoms with Gasteiger partial charge in [0.1, 0.15) is 0 Å². The number of hydrogen-bond donors (Lipinski definition) is 2. The van der Waals surface area contributed by atoms with Gasteiger partial charge in [-0.3, -0.25) is 0 Å². The largest absolute Gasteiger partial charge is 0.387 e. The molecule has 1 aromatic rings. The van der Waals surface area contributed by atoms with Crippen LogP contribution >= 0.6 is 11.8 Å². The Morgan fingerprint density at radius 3 is 2.83 bits per heavy atom. The average Bonchev–Trinajstić information content (AvgIpc) is 2.85. The number of aliphatic hydroxyl groups excluding tert-OH is 1. The maximum absolute atomic E-state index is 10.1. The van der Waals surface area contributed by atoms with Crippen LogP contribution in [0.5, 0.6) is 0 Å². The highest BCUT2D eigenvalue weighted by molar-refractivity contribution is 7.99.